The maximum absolute atomic E-state index is 13.2. The van der Waals surface area contributed by atoms with Crippen molar-refractivity contribution in [3.05, 3.63) is 34.1 Å². The molecule has 1 N–H and O–H groups in total. The standard InChI is InChI=1S/C16H23BrFN/c1-2-3-12-4-7-15(8-5-12)19-11-13-10-14(18)6-9-16(13)17/h6,9-10,12,15,19H,2-5,7-8,11H2,1H3. The van der Waals surface area contributed by atoms with Crippen molar-refractivity contribution in [3.63, 3.8) is 0 Å². The van der Waals surface area contributed by atoms with Crippen LogP contribution < -0.4 is 5.32 Å². The number of benzene rings is 1. The Morgan fingerprint density at radius 1 is 1.26 bits per heavy atom. The average molecular weight is 328 g/mol. The highest BCUT2D eigenvalue weighted by molar-refractivity contribution is 9.10. The van der Waals surface area contributed by atoms with Gasteiger partial charge in [0.15, 0.2) is 0 Å². The van der Waals surface area contributed by atoms with Crippen LogP contribution in [0.3, 0.4) is 0 Å². The third kappa shape index (κ3) is 4.57. The number of halogens is 2. The number of nitrogens with one attached hydrogen (secondary N) is 1. The van der Waals surface area contributed by atoms with Crippen LogP contribution in [-0.2, 0) is 6.54 Å². The first-order valence-corrected chi connectivity index (χ1v) is 8.15. The molecule has 0 amide bonds. The Balaban J connectivity index is 1.79. The van der Waals surface area contributed by atoms with E-state index in [0.717, 1.165) is 22.5 Å². The maximum Gasteiger partial charge on any atom is 0.123 e. The van der Waals surface area contributed by atoms with E-state index in [-0.39, 0.29) is 5.82 Å². The van der Waals surface area contributed by atoms with Crippen molar-refractivity contribution in [1.82, 2.24) is 5.32 Å². The van der Waals surface area contributed by atoms with Gasteiger partial charge in [0.25, 0.3) is 0 Å². The van der Waals surface area contributed by atoms with E-state index in [1.54, 1.807) is 12.1 Å². The molecule has 0 unspecified atom stereocenters. The Bertz CT molecular complexity index is 400. The molecule has 0 aliphatic heterocycles. The molecule has 0 atom stereocenters. The van der Waals surface area contributed by atoms with E-state index in [1.165, 1.54) is 44.6 Å². The molecule has 0 aromatic heterocycles. The second-order valence-electron chi connectivity index (χ2n) is 5.62. The zero-order valence-corrected chi connectivity index (χ0v) is 13.2. The fourth-order valence-electron chi connectivity index (χ4n) is 3.00. The molecule has 0 spiro atoms. The fourth-order valence-corrected chi connectivity index (χ4v) is 3.38. The van der Waals surface area contributed by atoms with Crippen LogP contribution in [0.4, 0.5) is 4.39 Å². The van der Waals surface area contributed by atoms with E-state index in [0.29, 0.717) is 6.04 Å². The topological polar surface area (TPSA) is 12.0 Å². The van der Waals surface area contributed by atoms with Crippen LogP contribution in [0.5, 0.6) is 0 Å². The van der Waals surface area contributed by atoms with Crippen molar-refractivity contribution in [2.24, 2.45) is 5.92 Å². The smallest absolute Gasteiger partial charge is 0.123 e. The summed E-state index contributed by atoms with van der Waals surface area (Å²) < 4.78 is 14.2. The van der Waals surface area contributed by atoms with Crippen LogP contribution >= 0.6 is 15.9 Å². The van der Waals surface area contributed by atoms with Gasteiger partial charge in [0, 0.05) is 17.1 Å². The summed E-state index contributed by atoms with van der Waals surface area (Å²) in [5, 5.41) is 3.57. The Morgan fingerprint density at radius 2 is 2.00 bits per heavy atom. The second-order valence-corrected chi connectivity index (χ2v) is 6.48. The zero-order chi connectivity index (χ0) is 13.7. The van der Waals surface area contributed by atoms with Crippen molar-refractivity contribution in [1.29, 1.82) is 0 Å². The average Bonchev–Trinajstić information content (AvgIpc) is 2.42. The highest BCUT2D eigenvalue weighted by atomic mass is 79.9. The van der Waals surface area contributed by atoms with Gasteiger partial charge in [-0.15, -0.1) is 0 Å². The van der Waals surface area contributed by atoms with Crippen LogP contribution in [0, 0.1) is 11.7 Å². The van der Waals surface area contributed by atoms with Crippen molar-refractivity contribution in [2.45, 2.75) is 58.0 Å². The summed E-state index contributed by atoms with van der Waals surface area (Å²) in [5.74, 6) is 0.774. The predicted octanol–water partition coefficient (Wildman–Crippen LogP) is 5.04. The van der Waals surface area contributed by atoms with E-state index in [9.17, 15) is 4.39 Å². The Labute approximate surface area is 124 Å². The Kier molecular flexibility index (Phi) is 5.83. The highest BCUT2D eigenvalue weighted by Crippen LogP contribution is 2.28. The molecule has 106 valence electrons. The first kappa shape index (κ1) is 15.0. The third-order valence-electron chi connectivity index (χ3n) is 4.13. The molecule has 0 bridgehead atoms. The quantitative estimate of drug-likeness (QED) is 0.799. The van der Waals surface area contributed by atoms with Gasteiger partial charge < -0.3 is 5.32 Å². The summed E-state index contributed by atoms with van der Waals surface area (Å²) in [7, 11) is 0. The molecule has 1 aliphatic rings. The van der Waals surface area contributed by atoms with Crippen LogP contribution in [0.15, 0.2) is 22.7 Å². The molecule has 2 rings (SSSR count). The lowest BCUT2D eigenvalue weighted by atomic mass is 9.83. The molecule has 1 aliphatic carbocycles. The van der Waals surface area contributed by atoms with Gasteiger partial charge in [0.05, 0.1) is 0 Å². The molecule has 1 aromatic carbocycles. The lowest BCUT2D eigenvalue weighted by Crippen LogP contribution is -2.32. The summed E-state index contributed by atoms with van der Waals surface area (Å²) in [6.07, 6.45) is 7.89. The van der Waals surface area contributed by atoms with Gasteiger partial charge in [-0.05, 0) is 55.4 Å². The molecular formula is C16H23BrFN. The maximum atomic E-state index is 13.2. The lowest BCUT2D eigenvalue weighted by molar-refractivity contribution is 0.277. The zero-order valence-electron chi connectivity index (χ0n) is 11.6. The van der Waals surface area contributed by atoms with Gasteiger partial charge >= 0.3 is 0 Å². The van der Waals surface area contributed by atoms with Gasteiger partial charge in [-0.1, -0.05) is 35.7 Å². The monoisotopic (exact) mass is 327 g/mol. The molecule has 19 heavy (non-hydrogen) atoms. The first-order chi connectivity index (χ1) is 9.19. The predicted molar refractivity (Wildman–Crippen MR) is 81.6 cm³/mol. The van der Waals surface area contributed by atoms with Gasteiger partial charge in [0.2, 0.25) is 0 Å². The van der Waals surface area contributed by atoms with Crippen LogP contribution in [-0.4, -0.2) is 6.04 Å². The van der Waals surface area contributed by atoms with E-state index in [4.69, 9.17) is 0 Å². The number of hydrogen-bond donors (Lipinski definition) is 1. The van der Waals surface area contributed by atoms with Gasteiger partial charge in [-0.3, -0.25) is 0 Å². The van der Waals surface area contributed by atoms with E-state index in [2.05, 4.69) is 28.2 Å². The second kappa shape index (κ2) is 7.39. The van der Waals surface area contributed by atoms with Gasteiger partial charge in [-0.2, -0.15) is 0 Å². The fraction of sp³-hybridized carbons (Fsp3) is 0.625. The minimum atomic E-state index is -0.161. The Hall–Kier alpha value is -0.410. The summed E-state index contributed by atoms with van der Waals surface area (Å²) in [5.41, 5.74) is 1.01. The molecule has 0 saturated heterocycles. The lowest BCUT2D eigenvalue weighted by Gasteiger charge is -2.29. The molecule has 1 fully saturated rings. The van der Waals surface area contributed by atoms with Crippen molar-refractivity contribution in [2.75, 3.05) is 0 Å². The molecule has 1 saturated carbocycles. The van der Waals surface area contributed by atoms with Crippen molar-refractivity contribution in [3.8, 4) is 0 Å². The normalized spacial score (nSPS) is 23.5. The molecule has 0 radical (unpaired) electrons. The molecule has 0 heterocycles. The molecule has 1 nitrogen and oxygen atoms in total. The van der Waals surface area contributed by atoms with Crippen molar-refractivity contribution < 1.29 is 4.39 Å². The molecular weight excluding hydrogens is 305 g/mol. The number of hydrogen-bond acceptors (Lipinski definition) is 1. The van der Waals surface area contributed by atoms with Crippen LogP contribution in [0.1, 0.15) is 51.0 Å². The largest absolute Gasteiger partial charge is 0.310 e. The van der Waals surface area contributed by atoms with Crippen LogP contribution in [0.2, 0.25) is 0 Å². The summed E-state index contributed by atoms with van der Waals surface area (Å²) >= 11 is 3.48. The summed E-state index contributed by atoms with van der Waals surface area (Å²) in [6.45, 7) is 3.02. The number of rotatable bonds is 5. The Morgan fingerprint density at radius 3 is 2.68 bits per heavy atom. The third-order valence-corrected chi connectivity index (χ3v) is 4.91. The minimum Gasteiger partial charge on any atom is -0.310 e. The summed E-state index contributed by atoms with van der Waals surface area (Å²) in [6, 6.07) is 5.48. The minimum absolute atomic E-state index is 0.161. The van der Waals surface area contributed by atoms with Gasteiger partial charge in [-0.25, -0.2) is 4.39 Å². The summed E-state index contributed by atoms with van der Waals surface area (Å²) in [4.78, 5) is 0. The SMILES string of the molecule is CCCC1CCC(NCc2cc(F)ccc2Br)CC1. The molecule has 1 aromatic rings. The van der Waals surface area contributed by atoms with Gasteiger partial charge in [0.1, 0.15) is 5.82 Å². The van der Waals surface area contributed by atoms with Crippen LogP contribution in [0.25, 0.3) is 0 Å². The van der Waals surface area contributed by atoms with E-state index < -0.39 is 0 Å². The van der Waals surface area contributed by atoms with E-state index >= 15 is 0 Å². The van der Waals surface area contributed by atoms with Crippen molar-refractivity contribution >= 4 is 15.9 Å². The highest BCUT2D eigenvalue weighted by Gasteiger charge is 2.20. The van der Waals surface area contributed by atoms with E-state index in [1.807, 2.05) is 0 Å². The first-order valence-electron chi connectivity index (χ1n) is 7.36. The molecule has 3 heteroatoms.